The molecule has 112 valence electrons. The second-order valence-electron chi connectivity index (χ2n) is 4.51. The highest BCUT2D eigenvalue weighted by Gasteiger charge is 2.35. The molecule has 0 aliphatic rings. The van der Waals surface area contributed by atoms with Crippen molar-refractivity contribution in [2.45, 2.75) is 26.1 Å². The number of carboxylic acids is 1. The van der Waals surface area contributed by atoms with Crippen molar-refractivity contribution in [2.24, 2.45) is 0 Å². The third kappa shape index (κ3) is 3.07. The zero-order valence-corrected chi connectivity index (χ0v) is 11.2. The van der Waals surface area contributed by atoms with Crippen molar-refractivity contribution in [3.05, 3.63) is 41.7 Å². The molecule has 1 aromatic carbocycles. The molecule has 0 unspecified atom stereocenters. The van der Waals surface area contributed by atoms with E-state index >= 15 is 0 Å². The summed E-state index contributed by atoms with van der Waals surface area (Å²) in [6.45, 7) is 2.57. The van der Waals surface area contributed by atoms with E-state index in [0.29, 0.717) is 12.4 Å². The van der Waals surface area contributed by atoms with E-state index in [4.69, 9.17) is 5.11 Å². The van der Waals surface area contributed by atoms with E-state index < -0.39 is 23.3 Å². The van der Waals surface area contributed by atoms with Gasteiger partial charge in [0, 0.05) is 24.5 Å². The van der Waals surface area contributed by atoms with Crippen molar-refractivity contribution >= 4 is 5.97 Å². The van der Waals surface area contributed by atoms with Crippen LogP contribution in [0.2, 0.25) is 0 Å². The summed E-state index contributed by atoms with van der Waals surface area (Å²) < 4.78 is 40.7. The number of aromatic carboxylic acids is 1. The molecule has 0 aliphatic heterocycles. The van der Waals surface area contributed by atoms with Crippen molar-refractivity contribution in [2.75, 3.05) is 0 Å². The Morgan fingerprint density at radius 2 is 2.10 bits per heavy atom. The lowest BCUT2D eigenvalue weighted by Crippen LogP contribution is -2.13. The van der Waals surface area contributed by atoms with Gasteiger partial charge in [-0.2, -0.15) is 13.2 Å². The molecule has 0 spiro atoms. The molecule has 4 nitrogen and oxygen atoms in total. The van der Waals surface area contributed by atoms with Crippen LogP contribution in [0.5, 0.6) is 0 Å². The topological polar surface area (TPSA) is 55.1 Å². The lowest BCUT2D eigenvalue weighted by molar-refractivity contribution is -0.138. The zero-order valence-electron chi connectivity index (χ0n) is 11.2. The summed E-state index contributed by atoms with van der Waals surface area (Å²) in [6.07, 6.45) is -0.741. The van der Waals surface area contributed by atoms with Crippen molar-refractivity contribution in [1.82, 2.24) is 9.55 Å². The lowest BCUT2D eigenvalue weighted by atomic mass is 10.0. The normalized spacial score (nSPS) is 11.6. The Balaban J connectivity index is 2.57. The number of alkyl halides is 3. The molecule has 0 amide bonds. The van der Waals surface area contributed by atoms with E-state index in [2.05, 4.69) is 4.98 Å². The number of aryl methyl sites for hydroxylation is 1. The van der Waals surface area contributed by atoms with Gasteiger partial charge in [-0.1, -0.05) is 13.0 Å². The summed E-state index contributed by atoms with van der Waals surface area (Å²) in [5.74, 6) is -1.22. The molecule has 0 aliphatic carbocycles. The molecule has 0 bridgehead atoms. The molecule has 0 saturated carbocycles. The molecule has 0 radical (unpaired) electrons. The predicted octanol–water partition coefficient (Wildman–Crippen LogP) is 3.68. The van der Waals surface area contributed by atoms with Crippen LogP contribution in [-0.2, 0) is 12.7 Å². The molecule has 1 aromatic heterocycles. The van der Waals surface area contributed by atoms with E-state index in [9.17, 15) is 18.0 Å². The number of hydrogen-bond acceptors (Lipinski definition) is 2. The van der Waals surface area contributed by atoms with E-state index in [0.717, 1.165) is 18.6 Å². The number of carboxylic acid groups (broad SMARTS) is 1. The summed E-state index contributed by atoms with van der Waals surface area (Å²) >= 11 is 0. The molecule has 1 N–H and O–H groups in total. The Morgan fingerprint density at radius 3 is 2.67 bits per heavy atom. The Morgan fingerprint density at radius 1 is 1.38 bits per heavy atom. The lowest BCUT2D eigenvalue weighted by Gasteiger charge is -2.13. The highest BCUT2D eigenvalue weighted by Crippen LogP contribution is 2.34. The summed E-state index contributed by atoms with van der Waals surface area (Å²) in [7, 11) is 0. The van der Waals surface area contributed by atoms with Gasteiger partial charge < -0.3 is 9.67 Å². The third-order valence-corrected chi connectivity index (χ3v) is 2.99. The van der Waals surface area contributed by atoms with Gasteiger partial charge in [-0.25, -0.2) is 9.78 Å². The van der Waals surface area contributed by atoms with E-state index in [1.165, 1.54) is 12.3 Å². The molecule has 0 atom stereocenters. The Hall–Kier alpha value is -2.31. The maximum absolute atomic E-state index is 13.0. The summed E-state index contributed by atoms with van der Waals surface area (Å²) in [5.41, 5.74) is -1.69. The van der Waals surface area contributed by atoms with E-state index in [-0.39, 0.29) is 5.56 Å². The van der Waals surface area contributed by atoms with Crippen LogP contribution < -0.4 is 0 Å². The minimum atomic E-state index is -4.73. The van der Waals surface area contributed by atoms with Crippen LogP contribution in [-0.4, -0.2) is 20.6 Å². The second-order valence-corrected chi connectivity index (χ2v) is 4.51. The van der Waals surface area contributed by atoms with E-state index in [1.54, 1.807) is 10.8 Å². The third-order valence-electron chi connectivity index (χ3n) is 2.99. The molecule has 2 aromatic rings. The van der Waals surface area contributed by atoms with Gasteiger partial charge in [0.05, 0.1) is 11.1 Å². The first-order valence-corrected chi connectivity index (χ1v) is 6.30. The van der Waals surface area contributed by atoms with Crippen molar-refractivity contribution in [3.8, 4) is 11.4 Å². The maximum atomic E-state index is 13.0. The molecule has 7 heteroatoms. The van der Waals surface area contributed by atoms with Gasteiger partial charge in [-0.3, -0.25) is 0 Å². The second kappa shape index (κ2) is 5.59. The van der Waals surface area contributed by atoms with Crippen molar-refractivity contribution < 1.29 is 23.1 Å². The van der Waals surface area contributed by atoms with Crippen molar-refractivity contribution in [1.29, 1.82) is 0 Å². The van der Waals surface area contributed by atoms with Crippen LogP contribution in [0.3, 0.4) is 0 Å². The van der Waals surface area contributed by atoms with Crippen LogP contribution >= 0.6 is 0 Å². The average Bonchev–Trinajstić information content (AvgIpc) is 2.85. The Kier molecular flexibility index (Phi) is 4.02. The van der Waals surface area contributed by atoms with Gasteiger partial charge in [0.2, 0.25) is 0 Å². The first-order chi connectivity index (χ1) is 9.84. The molecule has 21 heavy (non-hydrogen) atoms. The first-order valence-electron chi connectivity index (χ1n) is 6.30. The molecular weight excluding hydrogens is 285 g/mol. The molecule has 0 saturated heterocycles. The molecule has 0 fully saturated rings. The summed E-state index contributed by atoms with van der Waals surface area (Å²) in [5, 5.41) is 8.87. The van der Waals surface area contributed by atoms with Crippen LogP contribution in [0.15, 0.2) is 30.6 Å². The zero-order chi connectivity index (χ0) is 15.6. The standard InChI is InChI=1S/C14H13F3N2O2/c1-2-6-19-7-5-18-12(19)9-3-4-10(13(20)21)11(8-9)14(15,16)17/h3-5,7-8H,2,6H2,1H3,(H,20,21). The number of hydrogen-bond donors (Lipinski definition) is 1. The monoisotopic (exact) mass is 298 g/mol. The minimum absolute atomic E-state index is 0.241. The van der Waals surface area contributed by atoms with Gasteiger partial charge in [0.1, 0.15) is 5.82 Å². The highest BCUT2D eigenvalue weighted by atomic mass is 19.4. The highest BCUT2D eigenvalue weighted by molar-refractivity contribution is 5.90. The van der Waals surface area contributed by atoms with Gasteiger partial charge in [-0.05, 0) is 18.6 Å². The summed E-state index contributed by atoms with van der Waals surface area (Å²) in [4.78, 5) is 15.0. The largest absolute Gasteiger partial charge is 0.478 e. The van der Waals surface area contributed by atoms with E-state index in [1.807, 2.05) is 6.92 Å². The van der Waals surface area contributed by atoms with Crippen LogP contribution in [0, 0.1) is 0 Å². The number of carbonyl (C=O) groups is 1. The smallest absolute Gasteiger partial charge is 0.417 e. The number of halogens is 3. The minimum Gasteiger partial charge on any atom is -0.478 e. The quantitative estimate of drug-likeness (QED) is 0.936. The Bertz CT molecular complexity index is 662. The first kappa shape index (κ1) is 15.1. The average molecular weight is 298 g/mol. The van der Waals surface area contributed by atoms with Crippen LogP contribution in [0.1, 0.15) is 29.3 Å². The summed E-state index contributed by atoms with van der Waals surface area (Å²) in [6, 6.07) is 3.14. The molecule has 1 heterocycles. The van der Waals surface area contributed by atoms with Crippen LogP contribution in [0.25, 0.3) is 11.4 Å². The fourth-order valence-corrected chi connectivity index (χ4v) is 2.10. The molecule has 2 rings (SSSR count). The number of rotatable bonds is 4. The van der Waals surface area contributed by atoms with Crippen molar-refractivity contribution in [3.63, 3.8) is 0 Å². The van der Waals surface area contributed by atoms with Gasteiger partial charge in [0.15, 0.2) is 0 Å². The SMILES string of the molecule is CCCn1ccnc1-c1ccc(C(=O)O)c(C(F)(F)F)c1. The Labute approximate surface area is 118 Å². The fourth-order valence-electron chi connectivity index (χ4n) is 2.10. The fraction of sp³-hybridized carbons (Fsp3) is 0.286. The van der Waals surface area contributed by atoms with Crippen LogP contribution in [0.4, 0.5) is 13.2 Å². The number of imidazole rings is 1. The number of nitrogens with zero attached hydrogens (tertiary/aromatic N) is 2. The predicted molar refractivity (Wildman–Crippen MR) is 69.9 cm³/mol. The van der Waals surface area contributed by atoms with Gasteiger partial charge >= 0.3 is 12.1 Å². The number of aromatic nitrogens is 2. The maximum Gasteiger partial charge on any atom is 0.417 e. The van der Waals surface area contributed by atoms with Gasteiger partial charge in [0.25, 0.3) is 0 Å². The molecular formula is C14H13F3N2O2. The number of benzene rings is 1. The van der Waals surface area contributed by atoms with Gasteiger partial charge in [-0.15, -0.1) is 0 Å².